The van der Waals surface area contributed by atoms with Crippen LogP contribution in [0.1, 0.15) is 5.69 Å². The summed E-state index contributed by atoms with van der Waals surface area (Å²) in [4.78, 5) is 18.6. The SMILES string of the molecule is CN=C(NCCc1ncccc1Cl)NC(N)=O. The molecule has 0 saturated heterocycles. The lowest BCUT2D eigenvalue weighted by Crippen LogP contribution is -2.44. The third kappa shape index (κ3) is 4.69. The summed E-state index contributed by atoms with van der Waals surface area (Å²) >= 11 is 5.95. The number of nitrogens with one attached hydrogen (secondary N) is 2. The molecule has 0 unspecified atom stereocenters. The van der Waals surface area contributed by atoms with E-state index in [2.05, 4.69) is 20.6 Å². The van der Waals surface area contributed by atoms with Crippen molar-refractivity contribution in [2.75, 3.05) is 13.6 Å². The third-order valence-electron chi connectivity index (χ3n) is 1.95. The number of nitrogens with two attached hydrogens (primary N) is 1. The molecule has 0 aliphatic heterocycles. The zero-order chi connectivity index (χ0) is 12.7. The predicted molar refractivity (Wildman–Crippen MR) is 67.0 cm³/mol. The van der Waals surface area contributed by atoms with Crippen LogP contribution >= 0.6 is 11.6 Å². The number of primary amides is 1. The molecular weight excluding hydrogens is 242 g/mol. The lowest BCUT2D eigenvalue weighted by Gasteiger charge is -2.09. The normalized spacial score (nSPS) is 11.1. The maximum Gasteiger partial charge on any atom is 0.318 e. The van der Waals surface area contributed by atoms with Crippen LogP contribution < -0.4 is 16.4 Å². The van der Waals surface area contributed by atoms with Gasteiger partial charge < -0.3 is 11.1 Å². The minimum atomic E-state index is -0.658. The average Bonchev–Trinajstić information content (AvgIpc) is 2.29. The number of aromatic nitrogens is 1. The molecule has 4 N–H and O–H groups in total. The van der Waals surface area contributed by atoms with Gasteiger partial charge in [0, 0.05) is 26.2 Å². The van der Waals surface area contributed by atoms with Crippen LogP contribution in [0, 0.1) is 0 Å². The zero-order valence-corrected chi connectivity index (χ0v) is 10.2. The van der Waals surface area contributed by atoms with Crippen LogP contribution in [0.4, 0.5) is 4.79 Å². The van der Waals surface area contributed by atoms with Crippen LogP contribution in [-0.4, -0.2) is 30.6 Å². The summed E-state index contributed by atoms with van der Waals surface area (Å²) in [5.74, 6) is 0.324. The molecule has 0 aromatic carbocycles. The molecule has 0 aliphatic rings. The maximum absolute atomic E-state index is 10.6. The van der Waals surface area contributed by atoms with E-state index in [1.54, 1.807) is 25.4 Å². The van der Waals surface area contributed by atoms with E-state index in [-0.39, 0.29) is 0 Å². The quantitative estimate of drug-likeness (QED) is 0.543. The van der Waals surface area contributed by atoms with E-state index in [0.29, 0.717) is 23.9 Å². The average molecular weight is 256 g/mol. The number of hydrogen-bond donors (Lipinski definition) is 3. The second-order valence-electron chi connectivity index (χ2n) is 3.17. The first-order valence-corrected chi connectivity index (χ1v) is 5.37. The molecule has 1 rings (SSSR count). The van der Waals surface area contributed by atoms with Gasteiger partial charge in [0.25, 0.3) is 0 Å². The highest BCUT2D eigenvalue weighted by Crippen LogP contribution is 2.11. The number of urea groups is 1. The highest BCUT2D eigenvalue weighted by Gasteiger charge is 2.03. The van der Waals surface area contributed by atoms with Crippen molar-refractivity contribution < 1.29 is 4.79 Å². The summed E-state index contributed by atoms with van der Waals surface area (Å²) in [6, 6.07) is 2.89. The van der Waals surface area contributed by atoms with E-state index in [0.717, 1.165) is 5.69 Å². The van der Waals surface area contributed by atoms with Crippen LogP contribution in [0.3, 0.4) is 0 Å². The van der Waals surface area contributed by atoms with Crippen LogP contribution in [0.2, 0.25) is 5.02 Å². The highest BCUT2D eigenvalue weighted by atomic mass is 35.5. The number of guanidine groups is 1. The molecule has 92 valence electrons. The Morgan fingerprint density at radius 1 is 1.65 bits per heavy atom. The van der Waals surface area contributed by atoms with E-state index in [1.807, 2.05) is 0 Å². The van der Waals surface area contributed by atoms with Gasteiger partial charge in [-0.2, -0.15) is 0 Å². The number of hydrogen-bond acceptors (Lipinski definition) is 3. The molecule has 0 saturated carbocycles. The summed E-state index contributed by atoms with van der Waals surface area (Å²) in [5.41, 5.74) is 5.76. The van der Waals surface area contributed by atoms with Crippen LogP contribution in [0.15, 0.2) is 23.3 Å². The van der Waals surface area contributed by atoms with Crippen molar-refractivity contribution in [3.05, 3.63) is 29.0 Å². The summed E-state index contributed by atoms with van der Waals surface area (Å²) < 4.78 is 0. The molecular formula is C10H14ClN5O. The van der Waals surface area contributed by atoms with Crippen LogP contribution in [-0.2, 0) is 6.42 Å². The van der Waals surface area contributed by atoms with Gasteiger partial charge in [-0.3, -0.25) is 15.3 Å². The molecule has 0 spiro atoms. The Balaban J connectivity index is 2.42. The molecule has 0 bridgehead atoms. The van der Waals surface area contributed by atoms with Crippen molar-refractivity contribution in [3.63, 3.8) is 0 Å². The van der Waals surface area contributed by atoms with Crippen molar-refractivity contribution in [1.82, 2.24) is 15.6 Å². The van der Waals surface area contributed by atoms with Gasteiger partial charge in [-0.1, -0.05) is 11.6 Å². The number of rotatable bonds is 3. The van der Waals surface area contributed by atoms with E-state index >= 15 is 0 Å². The van der Waals surface area contributed by atoms with E-state index in [9.17, 15) is 4.79 Å². The highest BCUT2D eigenvalue weighted by molar-refractivity contribution is 6.31. The first-order valence-electron chi connectivity index (χ1n) is 5.00. The maximum atomic E-state index is 10.6. The molecule has 1 aromatic heterocycles. The number of nitrogens with zero attached hydrogens (tertiary/aromatic N) is 2. The number of amides is 2. The second-order valence-corrected chi connectivity index (χ2v) is 3.58. The van der Waals surface area contributed by atoms with Gasteiger partial charge in [-0.05, 0) is 12.1 Å². The van der Waals surface area contributed by atoms with Gasteiger partial charge in [-0.25, -0.2) is 4.79 Å². The van der Waals surface area contributed by atoms with Crippen molar-refractivity contribution in [2.45, 2.75) is 6.42 Å². The van der Waals surface area contributed by atoms with Crippen molar-refractivity contribution in [3.8, 4) is 0 Å². The molecule has 1 heterocycles. The van der Waals surface area contributed by atoms with Crippen molar-refractivity contribution in [1.29, 1.82) is 0 Å². The standard InChI is InChI=1S/C10H14ClN5O/c1-13-10(16-9(12)17)15-6-4-8-7(11)3-2-5-14-8/h2-3,5H,4,6H2,1H3,(H4,12,13,15,16,17). The minimum absolute atomic E-state index is 0.324. The number of halogens is 1. The Hall–Kier alpha value is -1.82. The zero-order valence-electron chi connectivity index (χ0n) is 9.40. The number of carbonyl (C=O) groups excluding carboxylic acids is 1. The first-order chi connectivity index (χ1) is 8.13. The number of pyridine rings is 1. The second kappa shape index (κ2) is 6.70. The Labute approximate surface area is 104 Å². The minimum Gasteiger partial charge on any atom is -0.356 e. The van der Waals surface area contributed by atoms with Gasteiger partial charge in [0.2, 0.25) is 0 Å². The fourth-order valence-corrected chi connectivity index (χ4v) is 1.41. The largest absolute Gasteiger partial charge is 0.356 e. The van der Waals surface area contributed by atoms with Gasteiger partial charge in [0.1, 0.15) is 0 Å². The lowest BCUT2D eigenvalue weighted by atomic mass is 10.3. The Bertz CT molecular complexity index is 421. The van der Waals surface area contributed by atoms with Gasteiger partial charge in [0.05, 0.1) is 10.7 Å². The summed E-state index contributed by atoms with van der Waals surface area (Å²) in [7, 11) is 1.55. The van der Waals surface area contributed by atoms with Gasteiger partial charge in [-0.15, -0.1) is 0 Å². The Morgan fingerprint density at radius 2 is 2.41 bits per heavy atom. The predicted octanol–water partition coefficient (Wildman–Crippen LogP) is 0.521. The molecule has 0 radical (unpaired) electrons. The molecule has 0 fully saturated rings. The fourth-order valence-electron chi connectivity index (χ4n) is 1.20. The van der Waals surface area contributed by atoms with Crippen molar-refractivity contribution >= 4 is 23.6 Å². The third-order valence-corrected chi connectivity index (χ3v) is 2.30. The smallest absolute Gasteiger partial charge is 0.318 e. The van der Waals surface area contributed by atoms with Crippen LogP contribution in [0.5, 0.6) is 0 Å². The molecule has 2 amide bonds. The van der Waals surface area contributed by atoms with E-state index < -0.39 is 6.03 Å². The first kappa shape index (κ1) is 13.2. The molecule has 6 nitrogen and oxygen atoms in total. The molecule has 17 heavy (non-hydrogen) atoms. The Morgan fingerprint density at radius 3 is 3.00 bits per heavy atom. The molecule has 0 aliphatic carbocycles. The number of aliphatic imine (C=N–C) groups is 1. The fraction of sp³-hybridized carbons (Fsp3) is 0.300. The van der Waals surface area contributed by atoms with Crippen LogP contribution in [0.25, 0.3) is 0 Å². The topological polar surface area (TPSA) is 92.4 Å². The number of carbonyl (C=O) groups is 1. The monoisotopic (exact) mass is 255 g/mol. The van der Waals surface area contributed by atoms with Gasteiger partial charge >= 0.3 is 6.03 Å². The molecule has 1 aromatic rings. The summed E-state index contributed by atoms with van der Waals surface area (Å²) in [6.07, 6.45) is 2.30. The summed E-state index contributed by atoms with van der Waals surface area (Å²) in [6.45, 7) is 0.545. The van der Waals surface area contributed by atoms with Gasteiger partial charge in [0.15, 0.2) is 5.96 Å². The lowest BCUT2D eigenvalue weighted by molar-refractivity contribution is 0.253. The summed E-state index contributed by atoms with van der Waals surface area (Å²) in [5, 5.41) is 5.89. The molecule has 0 atom stereocenters. The van der Waals surface area contributed by atoms with Crippen molar-refractivity contribution in [2.24, 2.45) is 10.7 Å². The van der Waals surface area contributed by atoms with E-state index in [1.165, 1.54) is 0 Å². The Kier molecular flexibility index (Phi) is 5.22. The molecule has 7 heteroatoms. The van der Waals surface area contributed by atoms with E-state index in [4.69, 9.17) is 17.3 Å².